The van der Waals surface area contributed by atoms with Gasteiger partial charge in [-0.1, -0.05) is 36.8 Å². The lowest BCUT2D eigenvalue weighted by Crippen LogP contribution is -2.55. The molecule has 1 aromatic rings. The number of hydrogen-bond donors (Lipinski definition) is 0. The third-order valence-corrected chi connectivity index (χ3v) is 7.84. The van der Waals surface area contributed by atoms with Gasteiger partial charge in [-0.15, -0.1) is 0 Å². The molecule has 0 N–H and O–H groups in total. The smallest absolute Gasteiger partial charge is 0.0233 e. The van der Waals surface area contributed by atoms with Gasteiger partial charge in [-0.05, 0) is 62.6 Å². The topological polar surface area (TPSA) is 9.72 Å². The fourth-order valence-electron chi connectivity index (χ4n) is 6.38. The Labute approximate surface area is 159 Å². The van der Waals surface area contributed by atoms with Gasteiger partial charge in [-0.3, -0.25) is 14.7 Å². The van der Waals surface area contributed by atoms with Gasteiger partial charge >= 0.3 is 0 Å². The SMILES string of the molecule is c1ccc(CN2CCC(N3CCN([C@@H]4C[C@H]5CC[C@H]4C5)CC3)CC2)cc1. The largest absolute Gasteiger partial charge is 0.299 e. The van der Waals surface area contributed by atoms with Crippen LogP contribution in [0.15, 0.2) is 30.3 Å². The minimum absolute atomic E-state index is 0.837. The summed E-state index contributed by atoms with van der Waals surface area (Å²) < 4.78 is 0. The Morgan fingerprint density at radius 3 is 2.12 bits per heavy atom. The second-order valence-electron chi connectivity index (χ2n) is 9.31. The van der Waals surface area contributed by atoms with Crippen molar-refractivity contribution in [1.29, 1.82) is 0 Å². The van der Waals surface area contributed by atoms with Gasteiger partial charge in [-0.25, -0.2) is 0 Å². The van der Waals surface area contributed by atoms with Crippen molar-refractivity contribution in [2.75, 3.05) is 39.3 Å². The van der Waals surface area contributed by atoms with Crippen LogP contribution in [0.3, 0.4) is 0 Å². The van der Waals surface area contributed by atoms with Gasteiger partial charge in [0.05, 0.1) is 0 Å². The number of rotatable bonds is 4. The Hall–Kier alpha value is -0.900. The first-order chi connectivity index (χ1) is 12.8. The number of hydrogen-bond acceptors (Lipinski definition) is 3. The van der Waals surface area contributed by atoms with E-state index in [0.29, 0.717) is 0 Å². The molecule has 0 radical (unpaired) electrons. The van der Waals surface area contributed by atoms with Crippen LogP contribution in [0.5, 0.6) is 0 Å². The van der Waals surface area contributed by atoms with Crippen LogP contribution in [0.25, 0.3) is 0 Å². The number of nitrogens with zero attached hydrogens (tertiary/aromatic N) is 3. The molecule has 2 heterocycles. The quantitative estimate of drug-likeness (QED) is 0.821. The van der Waals surface area contributed by atoms with E-state index in [-0.39, 0.29) is 0 Å². The normalized spacial score (nSPS) is 34.5. The predicted molar refractivity (Wildman–Crippen MR) is 107 cm³/mol. The maximum Gasteiger partial charge on any atom is 0.0233 e. The fourth-order valence-corrected chi connectivity index (χ4v) is 6.38. The van der Waals surface area contributed by atoms with Gasteiger partial charge in [0.1, 0.15) is 0 Å². The molecule has 1 aromatic carbocycles. The molecule has 5 rings (SSSR count). The van der Waals surface area contributed by atoms with E-state index in [9.17, 15) is 0 Å². The highest BCUT2D eigenvalue weighted by Gasteiger charge is 2.43. The molecule has 0 unspecified atom stereocenters. The summed E-state index contributed by atoms with van der Waals surface area (Å²) in [5.41, 5.74) is 1.46. The summed E-state index contributed by atoms with van der Waals surface area (Å²) in [6.07, 6.45) is 8.84. The number of fused-ring (bicyclic) bond motifs is 2. The molecule has 3 heteroatoms. The number of piperazine rings is 1. The van der Waals surface area contributed by atoms with E-state index < -0.39 is 0 Å². The van der Waals surface area contributed by atoms with E-state index in [1.807, 2.05) is 0 Å². The third-order valence-electron chi connectivity index (χ3n) is 7.84. The summed E-state index contributed by atoms with van der Waals surface area (Å²) in [5, 5.41) is 0. The van der Waals surface area contributed by atoms with Crippen LogP contribution in [0, 0.1) is 11.8 Å². The van der Waals surface area contributed by atoms with Crippen LogP contribution in [0.1, 0.15) is 44.1 Å². The van der Waals surface area contributed by atoms with Crippen LogP contribution in [0.2, 0.25) is 0 Å². The highest BCUT2D eigenvalue weighted by Crippen LogP contribution is 2.46. The molecule has 2 aliphatic carbocycles. The molecular weight excluding hydrogens is 318 g/mol. The molecule has 2 bridgehead atoms. The molecule has 26 heavy (non-hydrogen) atoms. The lowest BCUT2D eigenvalue weighted by atomic mass is 9.93. The fraction of sp³-hybridized carbons (Fsp3) is 0.739. The highest BCUT2D eigenvalue weighted by atomic mass is 15.3. The van der Waals surface area contributed by atoms with Crippen molar-refractivity contribution in [2.45, 2.75) is 57.2 Å². The first kappa shape index (κ1) is 17.2. The van der Waals surface area contributed by atoms with E-state index in [0.717, 1.165) is 30.5 Å². The summed E-state index contributed by atoms with van der Waals surface area (Å²) in [5.74, 6) is 2.13. The minimum atomic E-state index is 0.837. The van der Waals surface area contributed by atoms with Crippen molar-refractivity contribution in [2.24, 2.45) is 11.8 Å². The Balaban J connectivity index is 1.07. The molecule has 2 saturated carbocycles. The molecule has 4 aliphatic rings. The maximum atomic E-state index is 2.87. The van der Waals surface area contributed by atoms with Gasteiger partial charge in [0.25, 0.3) is 0 Å². The lowest BCUT2D eigenvalue weighted by molar-refractivity contribution is 0.0296. The molecule has 3 nitrogen and oxygen atoms in total. The van der Waals surface area contributed by atoms with Crippen LogP contribution in [-0.4, -0.2) is 66.1 Å². The summed E-state index contributed by atoms with van der Waals surface area (Å²) in [6, 6.07) is 12.8. The minimum Gasteiger partial charge on any atom is -0.299 e. The monoisotopic (exact) mass is 353 g/mol. The van der Waals surface area contributed by atoms with E-state index in [2.05, 4.69) is 45.0 Å². The number of likely N-dealkylation sites (tertiary alicyclic amines) is 1. The molecular formula is C23H35N3. The van der Waals surface area contributed by atoms with Gasteiger partial charge in [-0.2, -0.15) is 0 Å². The second-order valence-corrected chi connectivity index (χ2v) is 9.31. The first-order valence-corrected chi connectivity index (χ1v) is 11.1. The van der Waals surface area contributed by atoms with Crippen molar-refractivity contribution < 1.29 is 0 Å². The Morgan fingerprint density at radius 1 is 0.731 bits per heavy atom. The van der Waals surface area contributed by atoms with E-state index in [1.54, 1.807) is 6.42 Å². The molecule has 0 amide bonds. The molecule has 0 spiro atoms. The molecule has 3 atom stereocenters. The predicted octanol–water partition coefficient (Wildman–Crippen LogP) is 3.46. The summed E-state index contributed by atoms with van der Waals surface area (Å²) in [4.78, 5) is 8.34. The Kier molecular flexibility index (Phi) is 5.04. The zero-order chi connectivity index (χ0) is 17.3. The Bertz CT molecular complexity index is 572. The molecule has 4 fully saturated rings. The zero-order valence-corrected chi connectivity index (χ0v) is 16.2. The molecule has 142 valence electrons. The zero-order valence-electron chi connectivity index (χ0n) is 16.2. The number of benzene rings is 1. The van der Waals surface area contributed by atoms with E-state index in [4.69, 9.17) is 0 Å². The second kappa shape index (κ2) is 7.61. The number of piperidine rings is 1. The van der Waals surface area contributed by atoms with Crippen LogP contribution < -0.4 is 0 Å². The lowest BCUT2D eigenvalue weighted by Gasteiger charge is -2.45. The van der Waals surface area contributed by atoms with Crippen molar-refractivity contribution in [3.63, 3.8) is 0 Å². The standard InChI is InChI=1S/C23H35N3/c1-2-4-19(5-3-1)18-24-10-8-22(9-11-24)25-12-14-26(15-13-25)23-17-20-6-7-21(23)16-20/h1-5,20-23H,6-18H2/t20-,21-,23+/m0/s1. The Morgan fingerprint density at radius 2 is 1.46 bits per heavy atom. The van der Waals surface area contributed by atoms with Gasteiger partial charge < -0.3 is 0 Å². The third kappa shape index (κ3) is 3.58. The summed E-state index contributed by atoms with van der Waals surface area (Å²) in [7, 11) is 0. The average molecular weight is 354 g/mol. The molecule has 0 aromatic heterocycles. The van der Waals surface area contributed by atoms with Crippen molar-refractivity contribution in [3.05, 3.63) is 35.9 Å². The summed E-state index contributed by atoms with van der Waals surface area (Å²) >= 11 is 0. The van der Waals surface area contributed by atoms with E-state index >= 15 is 0 Å². The first-order valence-electron chi connectivity index (χ1n) is 11.1. The molecule has 2 saturated heterocycles. The van der Waals surface area contributed by atoms with Crippen LogP contribution in [-0.2, 0) is 6.54 Å². The maximum absolute atomic E-state index is 2.87. The highest BCUT2D eigenvalue weighted by molar-refractivity contribution is 5.14. The van der Waals surface area contributed by atoms with Gasteiger partial charge in [0.2, 0.25) is 0 Å². The van der Waals surface area contributed by atoms with Crippen LogP contribution >= 0.6 is 0 Å². The summed E-state index contributed by atoms with van der Waals surface area (Å²) in [6.45, 7) is 8.97. The van der Waals surface area contributed by atoms with Crippen molar-refractivity contribution in [1.82, 2.24) is 14.7 Å². The van der Waals surface area contributed by atoms with Gasteiger partial charge in [0.15, 0.2) is 0 Å². The van der Waals surface area contributed by atoms with Crippen LogP contribution in [0.4, 0.5) is 0 Å². The molecule has 2 aliphatic heterocycles. The van der Waals surface area contributed by atoms with Gasteiger partial charge in [0, 0.05) is 44.8 Å². The van der Waals surface area contributed by atoms with Crippen molar-refractivity contribution in [3.8, 4) is 0 Å². The average Bonchev–Trinajstić information content (AvgIpc) is 3.33. The van der Waals surface area contributed by atoms with Crippen molar-refractivity contribution >= 4 is 0 Å². The van der Waals surface area contributed by atoms with E-state index in [1.165, 1.54) is 76.9 Å².